The molecule has 2 aromatic rings. The molecule has 0 fully saturated rings. The Hall–Kier alpha value is -4.16. The Morgan fingerprint density at radius 1 is 0.820 bits per heavy atom. The predicted molar refractivity (Wildman–Crippen MR) is 181 cm³/mol. The first-order valence-electron chi connectivity index (χ1n) is 16.3. The summed E-state index contributed by atoms with van der Waals surface area (Å²) in [6.07, 6.45) is 4.33. The Kier molecular flexibility index (Phi) is 19.6. The third-order valence-electron chi connectivity index (χ3n) is 7.39. The van der Waals surface area contributed by atoms with Crippen LogP contribution in [0, 0.1) is 11.8 Å². The zero-order valence-corrected chi connectivity index (χ0v) is 29.2. The molecule has 0 aliphatic heterocycles. The largest absolute Gasteiger partial charge is 0.481 e. The van der Waals surface area contributed by atoms with Crippen LogP contribution in [0.4, 0.5) is 5.82 Å². The standard InChI is InChI=1S/C33H48N4O12S/c1-24(25(2)33(42)43)6-3-4-7-26-8-5-9-28(20-26)50(44,45)37-29-11-10-27(21-36-29)32(41)35-13-15-47-16-18-48-22-30(38)34-12-14-46-17-19-49-23-31(39)40/h5,8-11,20-21,24-25H,3-4,6-7,12-19,22-23H2,1-2H3,(H,34,38)(H,35,41)(H,36,37)(H,39,40)(H,42,43). The number of ether oxygens (including phenoxy) is 4. The van der Waals surface area contributed by atoms with Crippen LogP contribution in [-0.2, 0) is 49.8 Å². The molecule has 2 amide bonds. The average molecular weight is 725 g/mol. The highest BCUT2D eigenvalue weighted by Gasteiger charge is 2.19. The number of nitrogens with one attached hydrogen (secondary N) is 3. The fourth-order valence-electron chi connectivity index (χ4n) is 4.36. The molecule has 5 N–H and O–H groups in total. The van der Waals surface area contributed by atoms with Gasteiger partial charge in [-0.05, 0) is 55.0 Å². The molecule has 50 heavy (non-hydrogen) atoms. The maximum absolute atomic E-state index is 13.0. The first-order chi connectivity index (χ1) is 23.9. The van der Waals surface area contributed by atoms with Crippen LogP contribution in [0.3, 0.4) is 0 Å². The minimum atomic E-state index is -3.93. The molecule has 2 unspecified atom stereocenters. The van der Waals surface area contributed by atoms with Gasteiger partial charge in [0.2, 0.25) is 5.91 Å². The number of aryl methyl sites for hydroxylation is 1. The molecule has 278 valence electrons. The molecule has 0 bridgehead atoms. The molecule has 0 aliphatic rings. The van der Waals surface area contributed by atoms with Gasteiger partial charge in [0, 0.05) is 19.3 Å². The lowest BCUT2D eigenvalue weighted by molar-refractivity contribution is -0.143. The molecule has 1 aromatic carbocycles. The average Bonchev–Trinajstić information content (AvgIpc) is 3.08. The van der Waals surface area contributed by atoms with Crippen LogP contribution in [0.2, 0.25) is 0 Å². The zero-order chi connectivity index (χ0) is 36.8. The SMILES string of the molecule is CC(CCCCc1cccc(S(=O)(=O)Nc2ccc(C(=O)NCCOCCOCC(=O)NCCOCCOCC(=O)O)cn2)c1)C(C)C(=O)O. The summed E-state index contributed by atoms with van der Waals surface area (Å²) >= 11 is 0. The van der Waals surface area contributed by atoms with Crippen LogP contribution in [-0.4, -0.2) is 113 Å². The third-order valence-corrected chi connectivity index (χ3v) is 8.75. The molecule has 0 aliphatic carbocycles. The van der Waals surface area contributed by atoms with Gasteiger partial charge in [-0.3, -0.25) is 19.1 Å². The number of carboxylic acid groups (broad SMARTS) is 2. The number of aromatic nitrogens is 1. The van der Waals surface area contributed by atoms with Gasteiger partial charge in [0.25, 0.3) is 15.9 Å². The number of hydrogen-bond acceptors (Lipinski definition) is 11. The van der Waals surface area contributed by atoms with E-state index in [0.29, 0.717) is 6.42 Å². The lowest BCUT2D eigenvalue weighted by Gasteiger charge is -2.15. The van der Waals surface area contributed by atoms with E-state index in [9.17, 15) is 27.6 Å². The van der Waals surface area contributed by atoms with Crippen LogP contribution in [0.1, 0.15) is 49.0 Å². The smallest absolute Gasteiger partial charge is 0.329 e. The first-order valence-corrected chi connectivity index (χ1v) is 17.8. The van der Waals surface area contributed by atoms with Crippen molar-refractivity contribution in [2.24, 2.45) is 11.8 Å². The monoisotopic (exact) mass is 724 g/mol. The Morgan fingerprint density at radius 3 is 2.12 bits per heavy atom. The van der Waals surface area contributed by atoms with E-state index in [4.69, 9.17) is 29.2 Å². The van der Waals surface area contributed by atoms with E-state index >= 15 is 0 Å². The fraction of sp³-hybridized carbons (Fsp3) is 0.545. The van der Waals surface area contributed by atoms with Crippen LogP contribution in [0.15, 0.2) is 47.5 Å². The van der Waals surface area contributed by atoms with Crippen molar-refractivity contribution < 1.29 is 56.8 Å². The number of rotatable bonds is 27. The van der Waals surface area contributed by atoms with Crippen LogP contribution in [0.5, 0.6) is 0 Å². The number of amides is 2. The number of hydrogen-bond donors (Lipinski definition) is 5. The number of unbranched alkanes of at least 4 members (excludes halogenated alkanes) is 1. The van der Waals surface area contributed by atoms with Crippen molar-refractivity contribution in [3.8, 4) is 0 Å². The Labute approximate surface area is 292 Å². The van der Waals surface area contributed by atoms with Crippen molar-refractivity contribution in [1.29, 1.82) is 0 Å². The van der Waals surface area contributed by atoms with Gasteiger partial charge in [0.1, 0.15) is 19.0 Å². The number of benzene rings is 1. The van der Waals surface area contributed by atoms with Crippen molar-refractivity contribution in [2.45, 2.75) is 44.4 Å². The second-order valence-electron chi connectivity index (χ2n) is 11.4. The minimum Gasteiger partial charge on any atom is -0.481 e. The molecule has 0 saturated carbocycles. The molecule has 2 atom stereocenters. The molecule has 1 heterocycles. The molecule has 17 heteroatoms. The van der Waals surface area contributed by atoms with Gasteiger partial charge in [-0.2, -0.15) is 0 Å². The van der Waals surface area contributed by atoms with E-state index in [1.165, 1.54) is 24.4 Å². The molecule has 1 aromatic heterocycles. The predicted octanol–water partition coefficient (Wildman–Crippen LogP) is 1.95. The van der Waals surface area contributed by atoms with Crippen molar-refractivity contribution in [2.75, 3.05) is 70.7 Å². The second-order valence-corrected chi connectivity index (χ2v) is 13.0. The number of carbonyl (C=O) groups is 4. The molecular weight excluding hydrogens is 676 g/mol. The summed E-state index contributed by atoms with van der Waals surface area (Å²) in [6.45, 7) is 4.70. The summed E-state index contributed by atoms with van der Waals surface area (Å²) in [5, 5.41) is 22.9. The summed E-state index contributed by atoms with van der Waals surface area (Å²) in [5.41, 5.74) is 1.08. The zero-order valence-electron chi connectivity index (χ0n) is 28.4. The summed E-state index contributed by atoms with van der Waals surface area (Å²) in [6, 6.07) is 9.46. The number of carbonyl (C=O) groups excluding carboxylic acids is 2. The molecule has 2 rings (SSSR count). The second kappa shape index (κ2) is 23.3. The van der Waals surface area contributed by atoms with Gasteiger partial charge in [0.05, 0.1) is 56.0 Å². The quantitative estimate of drug-likeness (QED) is 0.0831. The van der Waals surface area contributed by atoms with Crippen molar-refractivity contribution in [3.05, 3.63) is 53.7 Å². The summed E-state index contributed by atoms with van der Waals surface area (Å²) in [4.78, 5) is 49.8. The van der Waals surface area contributed by atoms with E-state index in [2.05, 4.69) is 20.3 Å². The number of carboxylic acids is 2. The molecule has 16 nitrogen and oxygen atoms in total. The normalized spacial score (nSPS) is 12.5. The maximum atomic E-state index is 13.0. The maximum Gasteiger partial charge on any atom is 0.329 e. The minimum absolute atomic E-state index is 0.0545. The number of aliphatic carboxylic acids is 2. The molecule has 0 radical (unpaired) electrons. The van der Waals surface area contributed by atoms with Crippen molar-refractivity contribution in [3.63, 3.8) is 0 Å². The van der Waals surface area contributed by atoms with E-state index in [-0.39, 0.29) is 94.0 Å². The number of nitrogens with zero attached hydrogens (tertiary/aromatic N) is 1. The molecular formula is C33H48N4O12S. The van der Waals surface area contributed by atoms with Crippen molar-refractivity contribution in [1.82, 2.24) is 15.6 Å². The van der Waals surface area contributed by atoms with E-state index < -0.39 is 33.8 Å². The number of pyridine rings is 1. The third kappa shape index (κ3) is 17.5. The van der Waals surface area contributed by atoms with Crippen LogP contribution in [0.25, 0.3) is 0 Å². The molecule has 0 saturated heterocycles. The number of sulfonamides is 1. The van der Waals surface area contributed by atoms with Gasteiger partial charge in [-0.25, -0.2) is 18.2 Å². The van der Waals surface area contributed by atoms with Gasteiger partial charge in [-0.1, -0.05) is 32.4 Å². The van der Waals surface area contributed by atoms with Gasteiger partial charge in [0.15, 0.2) is 0 Å². The van der Waals surface area contributed by atoms with Crippen molar-refractivity contribution >= 4 is 39.6 Å². The highest BCUT2D eigenvalue weighted by Crippen LogP contribution is 2.21. The lowest BCUT2D eigenvalue weighted by atomic mass is 9.90. The van der Waals surface area contributed by atoms with Gasteiger partial charge < -0.3 is 39.8 Å². The van der Waals surface area contributed by atoms with E-state index in [0.717, 1.165) is 24.8 Å². The summed E-state index contributed by atoms with van der Waals surface area (Å²) < 4.78 is 49.0. The highest BCUT2D eigenvalue weighted by atomic mass is 32.2. The first kappa shape index (κ1) is 42.0. The Balaban J connectivity index is 1.60. The van der Waals surface area contributed by atoms with E-state index in [1.807, 2.05) is 13.0 Å². The van der Waals surface area contributed by atoms with Crippen LogP contribution < -0.4 is 15.4 Å². The van der Waals surface area contributed by atoms with Gasteiger partial charge in [-0.15, -0.1) is 0 Å². The number of anilines is 1. The Morgan fingerprint density at radius 2 is 1.48 bits per heavy atom. The van der Waals surface area contributed by atoms with E-state index in [1.54, 1.807) is 19.1 Å². The summed E-state index contributed by atoms with van der Waals surface area (Å²) in [5.74, 6) is -2.91. The van der Waals surface area contributed by atoms with Crippen LogP contribution >= 0.6 is 0 Å². The summed E-state index contributed by atoms with van der Waals surface area (Å²) in [7, 11) is -3.93. The Bertz CT molecular complexity index is 1460. The topological polar surface area (TPSA) is 229 Å². The lowest BCUT2D eigenvalue weighted by Crippen LogP contribution is -2.31. The molecule has 0 spiro atoms. The fourth-order valence-corrected chi connectivity index (χ4v) is 5.44. The van der Waals surface area contributed by atoms with Gasteiger partial charge >= 0.3 is 11.9 Å². The highest BCUT2D eigenvalue weighted by molar-refractivity contribution is 7.92.